The zero-order valence-electron chi connectivity index (χ0n) is 18.4. The van der Waals surface area contributed by atoms with Gasteiger partial charge in [0.2, 0.25) is 0 Å². The number of hydrogen-bond donors (Lipinski definition) is 2. The van der Waals surface area contributed by atoms with E-state index in [4.69, 9.17) is 14.5 Å². The molecule has 1 aliphatic carbocycles. The number of morpholine rings is 1. The molecule has 3 aliphatic rings. The average Bonchev–Trinajstić information content (AvgIpc) is 3.38. The number of nitrogens with zero attached hydrogens (tertiary/aromatic N) is 2. The molecule has 4 rings (SSSR count). The van der Waals surface area contributed by atoms with E-state index >= 15 is 0 Å². The van der Waals surface area contributed by atoms with E-state index in [0.717, 1.165) is 83.4 Å². The molecule has 2 aliphatic heterocycles. The van der Waals surface area contributed by atoms with Crippen molar-refractivity contribution in [2.24, 2.45) is 10.9 Å². The molecule has 1 aromatic carbocycles. The third kappa shape index (κ3) is 6.52. The molecule has 0 radical (unpaired) electrons. The highest BCUT2D eigenvalue weighted by Crippen LogP contribution is 2.48. The number of ether oxygens (including phenoxy) is 2. The summed E-state index contributed by atoms with van der Waals surface area (Å²) in [7, 11) is 0. The molecule has 8 heteroatoms. The second-order valence-electron chi connectivity index (χ2n) is 8.71. The first-order chi connectivity index (χ1) is 14.7. The van der Waals surface area contributed by atoms with E-state index in [1.165, 1.54) is 6.07 Å². The van der Waals surface area contributed by atoms with Gasteiger partial charge in [0.05, 0.1) is 26.4 Å². The van der Waals surface area contributed by atoms with Crippen molar-refractivity contribution in [3.63, 3.8) is 0 Å². The van der Waals surface area contributed by atoms with Gasteiger partial charge in [-0.25, -0.2) is 4.39 Å². The van der Waals surface area contributed by atoms with E-state index in [1.807, 2.05) is 6.07 Å². The molecule has 0 bridgehead atoms. The normalized spacial score (nSPS) is 24.3. The standard InChI is InChI=1S/C23H35FN4O2.HI/c1-2-25-22(27-17-23(7-8-23)19-4-3-5-20(24)14-19)26-15-21(18-6-11-30-16-18)28-9-12-29-13-10-28;/h3-5,14,18,21H,2,6-13,15-17H2,1H3,(H2,25,26,27);1H. The van der Waals surface area contributed by atoms with E-state index in [0.29, 0.717) is 18.5 Å². The Labute approximate surface area is 202 Å². The van der Waals surface area contributed by atoms with Crippen molar-refractivity contribution in [3.05, 3.63) is 35.6 Å². The lowest BCUT2D eigenvalue weighted by Crippen LogP contribution is -2.53. The minimum Gasteiger partial charge on any atom is -0.381 e. The Balaban J connectivity index is 0.00000272. The molecule has 0 spiro atoms. The largest absolute Gasteiger partial charge is 0.381 e. The van der Waals surface area contributed by atoms with Crippen LogP contribution in [-0.4, -0.2) is 76.1 Å². The molecule has 3 fully saturated rings. The van der Waals surface area contributed by atoms with Crippen LogP contribution >= 0.6 is 24.0 Å². The lowest BCUT2D eigenvalue weighted by atomic mass is 9.96. The smallest absolute Gasteiger partial charge is 0.191 e. The third-order valence-electron chi connectivity index (χ3n) is 6.68. The number of nitrogens with one attached hydrogen (secondary N) is 2. The number of benzene rings is 1. The molecule has 2 saturated heterocycles. The highest BCUT2D eigenvalue weighted by Gasteiger charge is 2.44. The molecule has 2 N–H and O–H groups in total. The van der Waals surface area contributed by atoms with E-state index in [1.54, 1.807) is 12.1 Å². The maximum Gasteiger partial charge on any atom is 0.191 e. The summed E-state index contributed by atoms with van der Waals surface area (Å²) < 4.78 is 24.9. The zero-order chi connectivity index (χ0) is 20.8. The summed E-state index contributed by atoms with van der Waals surface area (Å²) in [5.41, 5.74) is 1.06. The van der Waals surface area contributed by atoms with Gasteiger partial charge in [-0.1, -0.05) is 12.1 Å². The average molecular weight is 546 g/mol. The topological polar surface area (TPSA) is 58.1 Å². The SMILES string of the molecule is CCNC(=NCC1(c2cccc(F)c2)CC1)NCC(C1CCOC1)N1CCOCC1.I. The van der Waals surface area contributed by atoms with Crippen LogP contribution in [0.25, 0.3) is 0 Å². The van der Waals surface area contributed by atoms with Crippen LogP contribution < -0.4 is 10.6 Å². The Bertz CT molecular complexity index is 719. The van der Waals surface area contributed by atoms with Gasteiger partial charge in [-0.2, -0.15) is 0 Å². The molecule has 2 unspecified atom stereocenters. The molecule has 1 saturated carbocycles. The van der Waals surface area contributed by atoms with Gasteiger partial charge in [0.1, 0.15) is 5.82 Å². The summed E-state index contributed by atoms with van der Waals surface area (Å²) in [5, 5.41) is 6.97. The van der Waals surface area contributed by atoms with Crippen LogP contribution in [0.2, 0.25) is 0 Å². The van der Waals surface area contributed by atoms with Gasteiger partial charge in [0.25, 0.3) is 0 Å². The van der Waals surface area contributed by atoms with Crippen molar-refractivity contribution in [1.82, 2.24) is 15.5 Å². The molecule has 1 aromatic rings. The number of hydrogen-bond acceptors (Lipinski definition) is 4. The number of aliphatic imine (C=N–C) groups is 1. The summed E-state index contributed by atoms with van der Waals surface area (Å²) in [6, 6.07) is 7.41. The van der Waals surface area contributed by atoms with Crippen molar-refractivity contribution in [3.8, 4) is 0 Å². The predicted molar refractivity (Wildman–Crippen MR) is 132 cm³/mol. The van der Waals surface area contributed by atoms with Crippen molar-refractivity contribution >= 4 is 29.9 Å². The van der Waals surface area contributed by atoms with Crippen molar-refractivity contribution in [2.45, 2.75) is 37.6 Å². The summed E-state index contributed by atoms with van der Waals surface area (Å²) >= 11 is 0. The van der Waals surface area contributed by atoms with Crippen LogP contribution in [0, 0.1) is 11.7 Å². The Morgan fingerprint density at radius 3 is 2.68 bits per heavy atom. The molecular weight excluding hydrogens is 510 g/mol. The highest BCUT2D eigenvalue weighted by atomic mass is 127. The first-order valence-electron chi connectivity index (χ1n) is 11.4. The monoisotopic (exact) mass is 546 g/mol. The van der Waals surface area contributed by atoms with E-state index in [9.17, 15) is 4.39 Å². The van der Waals surface area contributed by atoms with Crippen LogP contribution in [-0.2, 0) is 14.9 Å². The Kier molecular flexibility index (Phi) is 9.36. The number of guanidine groups is 1. The first-order valence-corrected chi connectivity index (χ1v) is 11.4. The molecular formula is C23H36FIN4O2. The lowest BCUT2D eigenvalue weighted by Gasteiger charge is -2.37. The van der Waals surface area contributed by atoms with Gasteiger partial charge in [-0.15, -0.1) is 24.0 Å². The van der Waals surface area contributed by atoms with Gasteiger partial charge in [0.15, 0.2) is 5.96 Å². The molecule has 0 aromatic heterocycles. The van der Waals surface area contributed by atoms with Gasteiger partial charge in [0, 0.05) is 50.2 Å². The number of rotatable bonds is 8. The molecule has 2 heterocycles. The van der Waals surface area contributed by atoms with Gasteiger partial charge in [-0.3, -0.25) is 9.89 Å². The fourth-order valence-corrected chi connectivity index (χ4v) is 4.64. The summed E-state index contributed by atoms with van der Waals surface area (Å²) in [6.07, 6.45) is 3.24. The van der Waals surface area contributed by atoms with E-state index in [-0.39, 0.29) is 35.2 Å². The molecule has 174 valence electrons. The fourth-order valence-electron chi connectivity index (χ4n) is 4.64. The van der Waals surface area contributed by atoms with Crippen LogP contribution in [0.4, 0.5) is 4.39 Å². The Morgan fingerprint density at radius 2 is 2.03 bits per heavy atom. The van der Waals surface area contributed by atoms with Crippen LogP contribution in [0.1, 0.15) is 31.7 Å². The van der Waals surface area contributed by atoms with Gasteiger partial charge < -0.3 is 20.1 Å². The Hall–Kier alpha value is -0.970. The van der Waals surface area contributed by atoms with E-state index in [2.05, 4.69) is 22.5 Å². The van der Waals surface area contributed by atoms with Crippen molar-refractivity contribution in [1.29, 1.82) is 0 Å². The molecule has 2 atom stereocenters. The second kappa shape index (κ2) is 11.8. The van der Waals surface area contributed by atoms with Gasteiger partial charge in [-0.05, 0) is 43.9 Å². The third-order valence-corrected chi connectivity index (χ3v) is 6.68. The zero-order valence-corrected chi connectivity index (χ0v) is 20.8. The van der Waals surface area contributed by atoms with Crippen molar-refractivity contribution < 1.29 is 13.9 Å². The highest BCUT2D eigenvalue weighted by molar-refractivity contribution is 14.0. The predicted octanol–water partition coefficient (Wildman–Crippen LogP) is 2.77. The van der Waals surface area contributed by atoms with Gasteiger partial charge >= 0.3 is 0 Å². The van der Waals surface area contributed by atoms with Crippen LogP contribution in [0.3, 0.4) is 0 Å². The fraction of sp³-hybridized carbons (Fsp3) is 0.696. The van der Waals surface area contributed by atoms with Crippen LogP contribution in [0.5, 0.6) is 0 Å². The molecule has 0 amide bonds. The molecule has 31 heavy (non-hydrogen) atoms. The minimum absolute atomic E-state index is 0. The first kappa shape index (κ1) is 24.7. The number of halogens is 2. The van der Waals surface area contributed by atoms with Crippen molar-refractivity contribution in [2.75, 3.05) is 59.2 Å². The Morgan fingerprint density at radius 1 is 1.23 bits per heavy atom. The maximum absolute atomic E-state index is 13.7. The van der Waals surface area contributed by atoms with E-state index < -0.39 is 0 Å². The summed E-state index contributed by atoms with van der Waals surface area (Å²) in [4.78, 5) is 7.43. The second-order valence-corrected chi connectivity index (χ2v) is 8.71. The summed E-state index contributed by atoms with van der Waals surface area (Å²) in [6.45, 7) is 9.65. The minimum atomic E-state index is -0.167. The maximum atomic E-state index is 13.7. The quantitative estimate of drug-likeness (QED) is 0.299. The molecule has 6 nitrogen and oxygen atoms in total. The summed E-state index contributed by atoms with van der Waals surface area (Å²) in [5.74, 6) is 1.22. The lowest BCUT2D eigenvalue weighted by molar-refractivity contribution is 0.00246. The van der Waals surface area contributed by atoms with Crippen LogP contribution in [0.15, 0.2) is 29.3 Å².